The van der Waals surface area contributed by atoms with Crippen LogP contribution >= 0.6 is 11.6 Å². The molecule has 0 saturated carbocycles. The van der Waals surface area contributed by atoms with Crippen molar-refractivity contribution in [1.29, 1.82) is 0 Å². The molecule has 0 saturated heterocycles. The lowest BCUT2D eigenvalue weighted by molar-refractivity contribution is -0.112. The fraction of sp³-hybridized carbons (Fsp3) is 0.179. The van der Waals surface area contributed by atoms with E-state index in [0.717, 1.165) is 34.9 Å². The van der Waals surface area contributed by atoms with E-state index in [4.69, 9.17) is 17.3 Å². The van der Waals surface area contributed by atoms with Gasteiger partial charge >= 0.3 is 0 Å². The smallest absolute Gasteiger partial charge is 0.265 e. The summed E-state index contributed by atoms with van der Waals surface area (Å²) in [5.74, 6) is -1.10. The van der Waals surface area contributed by atoms with Gasteiger partial charge in [0.15, 0.2) is 9.84 Å². The average molecular weight is 549 g/mol. The van der Waals surface area contributed by atoms with Gasteiger partial charge in [0.2, 0.25) is 0 Å². The highest BCUT2D eigenvalue weighted by atomic mass is 35.5. The Morgan fingerprint density at radius 3 is 2.53 bits per heavy atom. The van der Waals surface area contributed by atoms with E-state index in [2.05, 4.69) is 10.4 Å². The first-order valence-electron chi connectivity index (χ1n) is 11.9. The van der Waals surface area contributed by atoms with Crippen molar-refractivity contribution in [3.63, 3.8) is 0 Å². The Hall–Kier alpha value is -3.95. The highest BCUT2D eigenvalue weighted by Gasteiger charge is 2.44. The molecule has 3 aromatic rings. The Morgan fingerprint density at radius 1 is 1.11 bits per heavy atom. The molecule has 0 fully saturated rings. The second-order valence-electron chi connectivity index (χ2n) is 9.36. The molecule has 2 amide bonds. The summed E-state index contributed by atoms with van der Waals surface area (Å²) in [5.41, 5.74) is 10.5. The number of carbonyl (C=O) groups excluding carboxylic acids is 2. The van der Waals surface area contributed by atoms with Crippen molar-refractivity contribution >= 4 is 56.4 Å². The number of nitrogens with one attached hydrogen (secondary N) is 1. The van der Waals surface area contributed by atoms with Gasteiger partial charge in [-0.15, -0.1) is 0 Å². The molecule has 2 atom stereocenters. The Balaban J connectivity index is 1.49. The lowest BCUT2D eigenvalue weighted by Crippen LogP contribution is -2.34. The van der Waals surface area contributed by atoms with Crippen molar-refractivity contribution in [2.24, 2.45) is 16.8 Å². The third kappa shape index (κ3) is 5.20. The largest absolute Gasteiger partial charge is 0.364 e. The Kier molecular flexibility index (Phi) is 6.81. The van der Waals surface area contributed by atoms with Gasteiger partial charge in [0.25, 0.3) is 11.8 Å². The Morgan fingerprint density at radius 2 is 1.84 bits per heavy atom. The van der Waals surface area contributed by atoms with Crippen LogP contribution in [0.15, 0.2) is 77.2 Å². The number of fused-ring (bicyclic) bond motifs is 3. The maximum Gasteiger partial charge on any atom is 0.265 e. The Labute approximate surface area is 225 Å². The summed E-state index contributed by atoms with van der Waals surface area (Å²) in [5, 5.41) is 10.8. The molecule has 1 heterocycles. The molecule has 0 bridgehead atoms. The number of amides is 2. The van der Waals surface area contributed by atoms with Gasteiger partial charge in [-0.05, 0) is 72.0 Å². The van der Waals surface area contributed by atoms with E-state index in [-0.39, 0.29) is 17.9 Å². The zero-order valence-electron chi connectivity index (χ0n) is 20.5. The van der Waals surface area contributed by atoms with Gasteiger partial charge in [0, 0.05) is 23.3 Å². The topological polar surface area (TPSA) is 122 Å². The molecule has 0 radical (unpaired) electrons. The number of rotatable bonds is 6. The first-order chi connectivity index (χ1) is 18.1. The minimum Gasteiger partial charge on any atom is -0.364 e. The van der Waals surface area contributed by atoms with Crippen LogP contribution in [0, 0.1) is 5.92 Å². The molecular weight excluding hydrogens is 524 g/mol. The van der Waals surface area contributed by atoms with Crippen LogP contribution in [0.3, 0.4) is 0 Å². The van der Waals surface area contributed by atoms with Gasteiger partial charge in [0.05, 0.1) is 22.3 Å². The van der Waals surface area contributed by atoms with Gasteiger partial charge < -0.3 is 11.1 Å². The van der Waals surface area contributed by atoms with Crippen molar-refractivity contribution in [3.8, 4) is 0 Å². The fourth-order valence-electron chi connectivity index (χ4n) is 4.94. The van der Waals surface area contributed by atoms with E-state index in [9.17, 15) is 18.0 Å². The molecule has 2 aliphatic rings. The summed E-state index contributed by atoms with van der Waals surface area (Å²) in [7, 11) is -3.25. The van der Waals surface area contributed by atoms with Crippen molar-refractivity contribution in [1.82, 2.24) is 0 Å². The lowest BCUT2D eigenvalue weighted by Gasteiger charge is -2.34. The number of benzene rings is 3. The van der Waals surface area contributed by atoms with Gasteiger partial charge in [0.1, 0.15) is 5.71 Å². The minimum absolute atomic E-state index is 0.209. The number of sulfone groups is 1. The molecule has 3 N–H and O–H groups in total. The molecule has 1 aliphatic heterocycles. The molecule has 0 spiro atoms. The number of primary amides is 1. The summed E-state index contributed by atoms with van der Waals surface area (Å²) in [6.45, 7) is 0. The van der Waals surface area contributed by atoms with E-state index in [1.807, 2.05) is 30.3 Å². The van der Waals surface area contributed by atoms with Crippen LogP contribution in [0.25, 0.3) is 6.08 Å². The van der Waals surface area contributed by atoms with Crippen molar-refractivity contribution in [3.05, 3.63) is 99.4 Å². The number of carbonyl (C=O) groups is 2. The van der Waals surface area contributed by atoms with Crippen LogP contribution in [0.4, 0.5) is 11.4 Å². The molecule has 8 nitrogen and oxygen atoms in total. The third-order valence-electron chi connectivity index (χ3n) is 6.69. The molecule has 38 heavy (non-hydrogen) atoms. The predicted molar refractivity (Wildman–Crippen MR) is 150 cm³/mol. The lowest BCUT2D eigenvalue weighted by atomic mass is 9.77. The van der Waals surface area contributed by atoms with Crippen molar-refractivity contribution < 1.29 is 18.0 Å². The molecule has 0 aromatic heterocycles. The average Bonchev–Trinajstić information content (AvgIpc) is 3.28. The molecule has 1 aliphatic carbocycles. The van der Waals surface area contributed by atoms with Gasteiger partial charge in [-0.2, -0.15) is 5.10 Å². The van der Waals surface area contributed by atoms with Crippen molar-refractivity contribution in [2.75, 3.05) is 16.6 Å². The second kappa shape index (κ2) is 10.1. The maximum atomic E-state index is 12.9. The van der Waals surface area contributed by atoms with Crippen LogP contribution in [-0.2, 0) is 21.1 Å². The molecule has 5 rings (SSSR count). The normalized spacial score (nSPS) is 18.6. The summed E-state index contributed by atoms with van der Waals surface area (Å²) < 4.78 is 22.9. The summed E-state index contributed by atoms with van der Waals surface area (Å²) in [6.07, 6.45) is 4.10. The number of nitrogens with two attached hydrogens (primary N) is 1. The SMILES string of the molecule is CS(=O)(=O)/C=C/c1ccc(N2N=C(C(N)=O)C3CCc4ccc(NC(=O)c5ccccc5Cl)cc4C32)cc1. The van der Waals surface area contributed by atoms with Crippen LogP contribution < -0.4 is 16.1 Å². The van der Waals surface area contributed by atoms with E-state index in [0.29, 0.717) is 34.0 Å². The van der Waals surface area contributed by atoms with E-state index in [1.54, 1.807) is 41.4 Å². The molecule has 10 heteroatoms. The zero-order valence-corrected chi connectivity index (χ0v) is 22.0. The first-order valence-corrected chi connectivity index (χ1v) is 14.3. The van der Waals surface area contributed by atoms with Gasteiger partial charge in [-0.25, -0.2) is 8.42 Å². The minimum atomic E-state index is -3.25. The number of anilines is 2. The maximum absolute atomic E-state index is 12.9. The number of hydrogen-bond donors (Lipinski definition) is 2. The molecule has 194 valence electrons. The monoisotopic (exact) mass is 548 g/mol. The fourth-order valence-corrected chi connectivity index (χ4v) is 5.56. The second-order valence-corrected chi connectivity index (χ2v) is 11.7. The van der Waals surface area contributed by atoms with Gasteiger partial charge in [-0.1, -0.05) is 41.9 Å². The highest BCUT2D eigenvalue weighted by molar-refractivity contribution is 7.93. The first kappa shape index (κ1) is 25.7. The highest BCUT2D eigenvalue weighted by Crippen LogP contribution is 2.46. The van der Waals surface area contributed by atoms with E-state index in [1.165, 1.54) is 6.08 Å². The zero-order chi connectivity index (χ0) is 27.0. The number of halogens is 1. The predicted octanol–water partition coefficient (Wildman–Crippen LogP) is 4.57. The number of nitrogens with zero attached hydrogens (tertiary/aromatic N) is 2. The quantitative estimate of drug-likeness (QED) is 0.467. The number of aryl methyl sites for hydroxylation is 1. The molecule has 2 unspecified atom stereocenters. The van der Waals surface area contributed by atoms with Crippen LogP contribution in [-0.4, -0.2) is 32.2 Å². The van der Waals surface area contributed by atoms with E-state index >= 15 is 0 Å². The van der Waals surface area contributed by atoms with Crippen LogP contribution in [0.1, 0.15) is 39.5 Å². The molecular formula is C28H25ClN4O4S. The number of hydrazone groups is 1. The van der Waals surface area contributed by atoms with Gasteiger partial charge in [-0.3, -0.25) is 14.6 Å². The standard InChI is InChI=1S/C28H25ClN4O4S/c1-38(36,37)15-14-17-6-11-20(12-7-17)33-26-22(25(32-33)27(30)34)13-9-18-8-10-19(16-23(18)26)31-28(35)21-4-2-3-5-24(21)29/h2-8,10-12,14-16,22,26H,9,13H2,1H3,(H2,30,34)(H,31,35)/b15-14+. The summed E-state index contributed by atoms with van der Waals surface area (Å²) >= 11 is 6.20. The van der Waals surface area contributed by atoms with Crippen molar-refractivity contribution in [2.45, 2.75) is 18.9 Å². The van der Waals surface area contributed by atoms with Crippen LogP contribution in [0.2, 0.25) is 5.02 Å². The Bertz CT molecular complexity index is 1600. The molecule has 3 aromatic carbocycles. The third-order valence-corrected chi connectivity index (χ3v) is 7.65. The number of hydrogen-bond acceptors (Lipinski definition) is 6. The summed E-state index contributed by atoms with van der Waals surface area (Å²) in [4.78, 5) is 25.2. The summed E-state index contributed by atoms with van der Waals surface area (Å²) in [6, 6.07) is 19.5. The van der Waals surface area contributed by atoms with Crippen LogP contribution in [0.5, 0.6) is 0 Å². The van der Waals surface area contributed by atoms with E-state index < -0.39 is 15.7 Å².